The quantitative estimate of drug-likeness (QED) is 0.536. The van der Waals surface area contributed by atoms with E-state index in [0.29, 0.717) is 13.2 Å². The van der Waals surface area contributed by atoms with Gasteiger partial charge in [-0.15, -0.1) is 0 Å². The van der Waals surface area contributed by atoms with Crippen molar-refractivity contribution in [2.24, 2.45) is 5.92 Å². The van der Waals surface area contributed by atoms with Crippen LogP contribution >= 0.6 is 7.60 Å². The molecule has 0 saturated carbocycles. The van der Waals surface area contributed by atoms with Crippen molar-refractivity contribution < 1.29 is 13.6 Å². The number of allylic oxidation sites excluding steroid dienone is 2. The Bertz CT molecular complexity index is 253. The molecule has 0 saturated heterocycles. The summed E-state index contributed by atoms with van der Waals surface area (Å²) in [5.41, 5.74) is 0.0300. The lowest BCUT2D eigenvalue weighted by molar-refractivity contribution is 0.205. The molecule has 0 aromatic heterocycles. The Morgan fingerprint density at radius 1 is 1.33 bits per heavy atom. The minimum Gasteiger partial charge on any atom is -0.309 e. The summed E-state index contributed by atoms with van der Waals surface area (Å²) < 4.78 is 23.3. The summed E-state index contributed by atoms with van der Waals surface area (Å²) in [4.78, 5) is 0. The highest BCUT2D eigenvalue weighted by Gasteiger charge is 2.38. The van der Waals surface area contributed by atoms with Crippen LogP contribution in [0, 0.1) is 5.92 Å². The molecule has 0 fully saturated rings. The van der Waals surface area contributed by atoms with Crippen molar-refractivity contribution in [3.05, 3.63) is 12.2 Å². The summed E-state index contributed by atoms with van der Waals surface area (Å²) in [6.07, 6.45) is 6.12. The second kappa shape index (κ2) is 5.83. The lowest BCUT2D eigenvalue weighted by Gasteiger charge is -2.31. The Hall–Kier alpha value is -0.110. The third-order valence-corrected chi connectivity index (χ3v) is 5.48. The van der Waals surface area contributed by atoms with E-state index < -0.39 is 7.60 Å². The van der Waals surface area contributed by atoms with Crippen LogP contribution in [0.4, 0.5) is 0 Å². The van der Waals surface area contributed by atoms with Gasteiger partial charge >= 0.3 is 7.60 Å². The lowest BCUT2D eigenvalue weighted by Crippen LogP contribution is -2.22. The van der Waals surface area contributed by atoms with E-state index in [1.54, 1.807) is 0 Å². The fraction of sp³-hybridized carbons (Fsp3) is 0.818. The maximum absolute atomic E-state index is 12.5. The Morgan fingerprint density at radius 3 is 2.40 bits per heavy atom. The van der Waals surface area contributed by atoms with Crippen molar-refractivity contribution in [2.75, 3.05) is 13.2 Å². The maximum atomic E-state index is 12.5. The van der Waals surface area contributed by atoms with Crippen molar-refractivity contribution >= 4 is 7.60 Å². The molecule has 2 atom stereocenters. The second-order valence-corrected chi connectivity index (χ2v) is 6.07. The molecule has 0 spiro atoms. The third-order valence-electron chi connectivity index (χ3n) is 2.70. The van der Waals surface area contributed by atoms with Crippen LogP contribution < -0.4 is 0 Å². The molecule has 3 nitrogen and oxygen atoms in total. The lowest BCUT2D eigenvalue weighted by atomic mass is 9.97. The Balaban J connectivity index is 2.78. The van der Waals surface area contributed by atoms with Gasteiger partial charge < -0.3 is 9.05 Å². The van der Waals surface area contributed by atoms with Gasteiger partial charge in [0, 0.05) is 0 Å². The van der Waals surface area contributed by atoms with E-state index in [-0.39, 0.29) is 11.6 Å². The highest BCUT2D eigenvalue weighted by molar-refractivity contribution is 7.54. The predicted octanol–water partition coefficient (Wildman–Crippen LogP) is 3.61. The summed E-state index contributed by atoms with van der Waals surface area (Å²) >= 11 is 0. The SMILES string of the molecule is CCOP(=O)(OCC)C1CCC=CC1C. The van der Waals surface area contributed by atoms with E-state index in [1.807, 2.05) is 13.8 Å². The topological polar surface area (TPSA) is 35.5 Å². The highest BCUT2D eigenvalue weighted by Crippen LogP contribution is 2.57. The van der Waals surface area contributed by atoms with Crippen LogP contribution in [0.25, 0.3) is 0 Å². The van der Waals surface area contributed by atoms with Gasteiger partial charge in [-0.1, -0.05) is 19.1 Å². The molecule has 2 unspecified atom stereocenters. The van der Waals surface area contributed by atoms with E-state index in [2.05, 4.69) is 19.1 Å². The summed E-state index contributed by atoms with van der Waals surface area (Å²) in [6, 6.07) is 0. The minimum absolute atomic E-state index is 0.0300. The van der Waals surface area contributed by atoms with Gasteiger partial charge in [0.1, 0.15) is 0 Å². The second-order valence-electron chi connectivity index (χ2n) is 3.81. The minimum atomic E-state index is -2.90. The van der Waals surface area contributed by atoms with Gasteiger partial charge in [-0.2, -0.15) is 0 Å². The molecular weight excluding hydrogens is 211 g/mol. The molecule has 0 aromatic carbocycles. The van der Waals surface area contributed by atoms with E-state index >= 15 is 0 Å². The molecule has 0 amide bonds. The number of hydrogen-bond donors (Lipinski definition) is 0. The Labute approximate surface area is 92.4 Å². The van der Waals surface area contributed by atoms with E-state index in [9.17, 15) is 4.57 Å². The number of hydrogen-bond acceptors (Lipinski definition) is 3. The van der Waals surface area contributed by atoms with Gasteiger partial charge in [-0.3, -0.25) is 4.57 Å². The molecule has 0 bridgehead atoms. The van der Waals surface area contributed by atoms with Crippen LogP contribution in [0.2, 0.25) is 0 Å². The first-order chi connectivity index (χ1) is 7.14. The molecule has 4 heteroatoms. The summed E-state index contributed by atoms with van der Waals surface area (Å²) in [7, 11) is -2.90. The average molecular weight is 232 g/mol. The van der Waals surface area contributed by atoms with Crippen molar-refractivity contribution in [3.63, 3.8) is 0 Å². The molecule has 1 aliphatic rings. The highest BCUT2D eigenvalue weighted by atomic mass is 31.2. The largest absolute Gasteiger partial charge is 0.334 e. The van der Waals surface area contributed by atoms with Crippen LogP contribution in [0.15, 0.2) is 12.2 Å². The maximum Gasteiger partial charge on any atom is 0.334 e. The van der Waals surface area contributed by atoms with Crippen LogP contribution in [-0.4, -0.2) is 18.9 Å². The fourth-order valence-electron chi connectivity index (χ4n) is 2.00. The summed E-state index contributed by atoms with van der Waals surface area (Å²) in [5.74, 6) is 0.280. The van der Waals surface area contributed by atoms with Gasteiger partial charge in [0.25, 0.3) is 0 Å². The monoisotopic (exact) mass is 232 g/mol. The summed E-state index contributed by atoms with van der Waals surface area (Å²) in [6.45, 7) is 6.68. The zero-order valence-corrected chi connectivity index (χ0v) is 10.7. The molecule has 1 aliphatic carbocycles. The van der Waals surface area contributed by atoms with Crippen LogP contribution in [-0.2, 0) is 13.6 Å². The van der Waals surface area contributed by atoms with Gasteiger partial charge in [-0.05, 0) is 32.6 Å². The third kappa shape index (κ3) is 3.17. The fourth-order valence-corrected chi connectivity index (χ4v) is 4.32. The molecule has 0 aliphatic heterocycles. The standard InChI is InChI=1S/C11H21O3P/c1-4-13-15(12,14-5-2)11-9-7-6-8-10(11)3/h6,8,10-11H,4-5,7,9H2,1-3H3. The first kappa shape index (κ1) is 13.0. The van der Waals surface area contributed by atoms with E-state index in [4.69, 9.17) is 9.05 Å². The zero-order valence-electron chi connectivity index (χ0n) is 9.81. The predicted molar refractivity (Wildman–Crippen MR) is 62.2 cm³/mol. The Kier molecular flexibility index (Phi) is 5.04. The summed E-state index contributed by atoms with van der Waals surface area (Å²) in [5, 5.41) is 0. The first-order valence-corrected chi connectivity index (χ1v) is 7.30. The number of rotatable bonds is 5. The molecule has 0 aromatic rings. The molecule has 0 radical (unpaired) electrons. The van der Waals surface area contributed by atoms with Crippen LogP contribution in [0.3, 0.4) is 0 Å². The zero-order chi connectivity index (χ0) is 11.3. The molecular formula is C11H21O3P. The van der Waals surface area contributed by atoms with Crippen molar-refractivity contribution in [2.45, 2.75) is 39.3 Å². The smallest absolute Gasteiger partial charge is 0.309 e. The molecule has 1 rings (SSSR count). The Morgan fingerprint density at radius 2 is 1.93 bits per heavy atom. The van der Waals surface area contributed by atoms with E-state index in [0.717, 1.165) is 12.8 Å². The van der Waals surface area contributed by atoms with Gasteiger partial charge in [0.2, 0.25) is 0 Å². The van der Waals surface area contributed by atoms with Gasteiger partial charge in [-0.25, -0.2) is 0 Å². The van der Waals surface area contributed by atoms with Crippen LogP contribution in [0.5, 0.6) is 0 Å². The molecule has 0 heterocycles. The average Bonchev–Trinajstić information content (AvgIpc) is 2.19. The van der Waals surface area contributed by atoms with Crippen LogP contribution in [0.1, 0.15) is 33.6 Å². The van der Waals surface area contributed by atoms with Crippen molar-refractivity contribution in [3.8, 4) is 0 Å². The van der Waals surface area contributed by atoms with Gasteiger partial charge in [0.05, 0.1) is 18.9 Å². The normalized spacial score (nSPS) is 26.9. The molecule has 0 N–H and O–H groups in total. The molecule has 88 valence electrons. The van der Waals surface area contributed by atoms with Crippen molar-refractivity contribution in [1.82, 2.24) is 0 Å². The van der Waals surface area contributed by atoms with E-state index in [1.165, 1.54) is 0 Å². The van der Waals surface area contributed by atoms with Gasteiger partial charge in [0.15, 0.2) is 0 Å². The molecule has 15 heavy (non-hydrogen) atoms. The first-order valence-electron chi connectivity index (χ1n) is 5.69. The van der Waals surface area contributed by atoms with Crippen molar-refractivity contribution in [1.29, 1.82) is 0 Å².